The SMILES string of the molecule is CC(C)(C)OC(=O)N[C@@H](CCC(N)=O)COc1cccc(C2CCC(CC(=O)O)CC2)c1Cl. The zero-order valence-corrected chi connectivity index (χ0v) is 20.3. The lowest BCUT2D eigenvalue weighted by Gasteiger charge is -2.29. The number of carboxylic acids is 1. The normalized spacial score (nSPS) is 19.4. The number of ether oxygens (including phenoxy) is 2. The van der Waals surface area contributed by atoms with E-state index in [0.29, 0.717) is 17.2 Å². The van der Waals surface area contributed by atoms with Gasteiger partial charge in [-0.2, -0.15) is 0 Å². The van der Waals surface area contributed by atoms with Gasteiger partial charge >= 0.3 is 12.1 Å². The molecule has 4 N–H and O–H groups in total. The van der Waals surface area contributed by atoms with Gasteiger partial charge in [-0.1, -0.05) is 23.7 Å². The van der Waals surface area contributed by atoms with Crippen LogP contribution in [0.25, 0.3) is 0 Å². The number of primary amides is 1. The van der Waals surface area contributed by atoms with E-state index < -0.39 is 29.6 Å². The van der Waals surface area contributed by atoms with Crippen LogP contribution in [0.15, 0.2) is 18.2 Å². The Kier molecular flexibility index (Phi) is 9.83. The maximum Gasteiger partial charge on any atom is 0.407 e. The number of carboxylic acid groups (broad SMARTS) is 1. The van der Waals surface area contributed by atoms with Crippen LogP contribution in [0.1, 0.15) is 77.2 Å². The number of aliphatic carboxylic acids is 1. The van der Waals surface area contributed by atoms with E-state index in [-0.39, 0.29) is 31.3 Å². The molecular formula is C24H35ClN2O6. The van der Waals surface area contributed by atoms with Crippen molar-refractivity contribution < 1.29 is 29.0 Å². The number of nitrogens with one attached hydrogen (secondary N) is 1. The molecule has 1 aromatic carbocycles. The highest BCUT2D eigenvalue weighted by molar-refractivity contribution is 6.32. The molecule has 0 heterocycles. The average molecular weight is 483 g/mol. The molecule has 1 atom stereocenters. The van der Waals surface area contributed by atoms with Crippen molar-refractivity contribution in [2.24, 2.45) is 11.7 Å². The first-order valence-electron chi connectivity index (χ1n) is 11.4. The molecule has 1 aromatic rings. The molecule has 184 valence electrons. The first kappa shape index (κ1) is 26.8. The zero-order valence-electron chi connectivity index (χ0n) is 19.6. The standard InChI is InChI=1S/C24H35ClN2O6/c1-24(2,3)33-23(31)27-17(11-12-20(26)28)14-32-19-6-4-5-18(22(19)25)16-9-7-15(8-10-16)13-21(29)30/h4-6,15-17H,7-14H2,1-3H3,(H2,26,28)(H,27,31)(H,29,30)/t15?,16?,17-/m0/s1. The number of hydrogen-bond donors (Lipinski definition) is 3. The van der Waals surface area contributed by atoms with Crippen molar-refractivity contribution in [3.05, 3.63) is 28.8 Å². The largest absolute Gasteiger partial charge is 0.490 e. The smallest absolute Gasteiger partial charge is 0.407 e. The number of carbonyl (C=O) groups excluding carboxylic acids is 2. The number of rotatable bonds is 10. The van der Waals surface area contributed by atoms with Crippen molar-refractivity contribution in [1.82, 2.24) is 5.32 Å². The third kappa shape index (κ3) is 9.50. The van der Waals surface area contributed by atoms with Crippen LogP contribution < -0.4 is 15.8 Å². The number of carbonyl (C=O) groups is 3. The Bertz CT molecular complexity index is 831. The van der Waals surface area contributed by atoms with Gasteiger partial charge in [-0.3, -0.25) is 9.59 Å². The van der Waals surface area contributed by atoms with Crippen molar-refractivity contribution in [2.75, 3.05) is 6.61 Å². The van der Waals surface area contributed by atoms with Crippen LogP contribution in [0.4, 0.5) is 4.79 Å². The molecule has 1 saturated carbocycles. The van der Waals surface area contributed by atoms with E-state index in [1.165, 1.54) is 0 Å². The van der Waals surface area contributed by atoms with Crippen LogP contribution in [0.5, 0.6) is 5.75 Å². The Hall–Kier alpha value is -2.48. The van der Waals surface area contributed by atoms with Gasteiger partial charge in [0.1, 0.15) is 18.0 Å². The lowest BCUT2D eigenvalue weighted by atomic mass is 9.77. The van der Waals surface area contributed by atoms with E-state index in [1.54, 1.807) is 26.8 Å². The predicted octanol–water partition coefficient (Wildman–Crippen LogP) is 4.63. The third-order valence-corrected chi connectivity index (χ3v) is 6.05. The van der Waals surface area contributed by atoms with E-state index in [4.69, 9.17) is 31.9 Å². The number of hydrogen-bond acceptors (Lipinski definition) is 5. The summed E-state index contributed by atoms with van der Waals surface area (Å²) >= 11 is 6.66. The summed E-state index contributed by atoms with van der Waals surface area (Å²) in [7, 11) is 0. The molecule has 2 rings (SSSR count). The molecule has 2 amide bonds. The summed E-state index contributed by atoms with van der Waals surface area (Å²) in [6.45, 7) is 5.40. The van der Waals surface area contributed by atoms with Gasteiger partial charge < -0.3 is 25.6 Å². The van der Waals surface area contributed by atoms with E-state index in [2.05, 4.69) is 5.32 Å². The lowest BCUT2D eigenvalue weighted by Crippen LogP contribution is -2.42. The molecule has 0 radical (unpaired) electrons. The summed E-state index contributed by atoms with van der Waals surface area (Å²) in [5.74, 6) is -0.266. The third-order valence-electron chi connectivity index (χ3n) is 5.64. The number of benzene rings is 1. The Balaban J connectivity index is 2.02. The maximum absolute atomic E-state index is 12.2. The first-order valence-corrected chi connectivity index (χ1v) is 11.7. The van der Waals surface area contributed by atoms with E-state index in [0.717, 1.165) is 31.2 Å². The maximum atomic E-state index is 12.2. The molecule has 0 saturated heterocycles. The molecule has 0 spiro atoms. The summed E-state index contributed by atoms with van der Waals surface area (Å²) in [4.78, 5) is 34.4. The molecule has 0 unspecified atom stereocenters. The monoisotopic (exact) mass is 482 g/mol. The zero-order chi connectivity index (χ0) is 24.6. The highest BCUT2D eigenvalue weighted by atomic mass is 35.5. The molecule has 1 fully saturated rings. The van der Waals surface area contributed by atoms with Crippen LogP contribution in [0.3, 0.4) is 0 Å². The van der Waals surface area contributed by atoms with E-state index in [1.807, 2.05) is 12.1 Å². The van der Waals surface area contributed by atoms with Crippen LogP contribution in [-0.4, -0.2) is 41.3 Å². The highest BCUT2D eigenvalue weighted by Crippen LogP contribution is 2.42. The number of amides is 2. The molecule has 0 aliphatic heterocycles. The van der Waals surface area contributed by atoms with Crippen LogP contribution in [-0.2, 0) is 14.3 Å². The van der Waals surface area contributed by atoms with Crippen LogP contribution >= 0.6 is 11.6 Å². The second kappa shape index (κ2) is 12.1. The van der Waals surface area contributed by atoms with Gasteiger partial charge in [0.2, 0.25) is 5.91 Å². The second-order valence-corrected chi connectivity index (χ2v) is 10.0. The molecule has 1 aliphatic rings. The Morgan fingerprint density at radius 2 is 1.88 bits per heavy atom. The highest BCUT2D eigenvalue weighted by Gasteiger charge is 2.26. The Labute approximate surface area is 200 Å². The van der Waals surface area contributed by atoms with Gasteiger partial charge in [0.15, 0.2) is 0 Å². The quantitative estimate of drug-likeness (QED) is 0.446. The van der Waals surface area contributed by atoms with Crippen molar-refractivity contribution >= 4 is 29.6 Å². The topological polar surface area (TPSA) is 128 Å². The van der Waals surface area contributed by atoms with Crippen molar-refractivity contribution in [3.63, 3.8) is 0 Å². The minimum Gasteiger partial charge on any atom is -0.490 e. The molecule has 0 aromatic heterocycles. The number of alkyl carbamates (subject to hydrolysis) is 1. The van der Waals surface area contributed by atoms with Gasteiger partial charge in [-0.15, -0.1) is 0 Å². The summed E-state index contributed by atoms with van der Waals surface area (Å²) in [6.07, 6.45) is 3.47. The fraction of sp³-hybridized carbons (Fsp3) is 0.625. The minimum absolute atomic E-state index is 0.0944. The molecule has 9 heteroatoms. The summed E-state index contributed by atoms with van der Waals surface area (Å²) in [6, 6.07) is 5.12. The number of nitrogens with two attached hydrogens (primary N) is 1. The first-order chi connectivity index (χ1) is 15.4. The average Bonchev–Trinajstić information content (AvgIpc) is 2.69. The summed E-state index contributed by atoms with van der Waals surface area (Å²) in [5, 5.41) is 12.3. The fourth-order valence-electron chi connectivity index (χ4n) is 4.06. The number of halogens is 1. The van der Waals surface area contributed by atoms with Gasteiger partial charge in [-0.05, 0) is 76.3 Å². The van der Waals surface area contributed by atoms with Crippen molar-refractivity contribution in [3.8, 4) is 5.75 Å². The van der Waals surface area contributed by atoms with Gasteiger partial charge in [0.25, 0.3) is 0 Å². The van der Waals surface area contributed by atoms with Crippen LogP contribution in [0.2, 0.25) is 5.02 Å². The minimum atomic E-state index is -0.752. The fourth-order valence-corrected chi connectivity index (χ4v) is 4.39. The molecular weight excluding hydrogens is 448 g/mol. The van der Waals surface area contributed by atoms with Gasteiger partial charge in [0.05, 0.1) is 11.1 Å². The summed E-state index contributed by atoms with van der Waals surface area (Å²) in [5.41, 5.74) is 5.60. The molecule has 0 bridgehead atoms. The van der Waals surface area contributed by atoms with E-state index >= 15 is 0 Å². The Morgan fingerprint density at radius 1 is 1.21 bits per heavy atom. The molecule has 8 nitrogen and oxygen atoms in total. The lowest BCUT2D eigenvalue weighted by molar-refractivity contribution is -0.138. The van der Waals surface area contributed by atoms with Gasteiger partial charge in [0, 0.05) is 12.8 Å². The predicted molar refractivity (Wildman–Crippen MR) is 125 cm³/mol. The van der Waals surface area contributed by atoms with Crippen LogP contribution in [0, 0.1) is 5.92 Å². The Morgan fingerprint density at radius 3 is 2.45 bits per heavy atom. The van der Waals surface area contributed by atoms with Crippen molar-refractivity contribution in [2.45, 2.75) is 83.3 Å². The van der Waals surface area contributed by atoms with Gasteiger partial charge in [-0.25, -0.2) is 4.79 Å². The van der Waals surface area contributed by atoms with E-state index in [9.17, 15) is 14.4 Å². The van der Waals surface area contributed by atoms with Crippen molar-refractivity contribution in [1.29, 1.82) is 0 Å². The molecule has 1 aliphatic carbocycles. The second-order valence-electron chi connectivity index (χ2n) is 9.63. The summed E-state index contributed by atoms with van der Waals surface area (Å²) < 4.78 is 11.2. The molecule has 33 heavy (non-hydrogen) atoms.